The molecule has 1 aromatic rings. The van der Waals surface area contributed by atoms with E-state index in [2.05, 4.69) is 0 Å². The summed E-state index contributed by atoms with van der Waals surface area (Å²) in [4.78, 5) is 26.1. The largest absolute Gasteiger partial charge is 0.497 e. The van der Waals surface area contributed by atoms with E-state index in [9.17, 15) is 9.59 Å². The van der Waals surface area contributed by atoms with Gasteiger partial charge in [0.2, 0.25) is 0 Å². The van der Waals surface area contributed by atoms with E-state index < -0.39 is 12.1 Å². The lowest BCUT2D eigenvalue weighted by Gasteiger charge is -2.26. The van der Waals surface area contributed by atoms with Crippen LogP contribution in [0.15, 0.2) is 18.2 Å². The lowest BCUT2D eigenvalue weighted by Crippen LogP contribution is -2.42. The van der Waals surface area contributed by atoms with Crippen LogP contribution < -0.4 is 9.47 Å². The quantitative estimate of drug-likeness (QED) is 0.559. The third-order valence-corrected chi connectivity index (χ3v) is 4.55. The second kappa shape index (κ2) is 10.9. The zero-order valence-electron chi connectivity index (χ0n) is 16.9. The molecule has 0 spiro atoms. The number of esters is 1. The molecule has 28 heavy (non-hydrogen) atoms. The highest BCUT2D eigenvalue weighted by molar-refractivity contribution is 5.84. The molecule has 1 aromatic carbocycles. The normalized spacial score (nSPS) is 17.1. The summed E-state index contributed by atoms with van der Waals surface area (Å²) in [5.74, 6) is 0.393. The van der Waals surface area contributed by atoms with Crippen LogP contribution in [0.25, 0.3) is 0 Å². The summed E-state index contributed by atoms with van der Waals surface area (Å²) in [5.41, 5.74) is 0.764. The van der Waals surface area contributed by atoms with Crippen LogP contribution in [0.3, 0.4) is 0 Å². The maximum Gasteiger partial charge on any atom is 0.325 e. The Kier molecular flexibility index (Phi) is 8.53. The fourth-order valence-corrected chi connectivity index (χ4v) is 2.97. The summed E-state index contributed by atoms with van der Waals surface area (Å²) in [5, 5.41) is 0. The highest BCUT2D eigenvalue weighted by Gasteiger charge is 2.26. The second-order valence-electron chi connectivity index (χ2n) is 6.60. The lowest BCUT2D eigenvalue weighted by molar-refractivity contribution is -0.153. The SMILES string of the molecule is COC(=O)CN(Cc1cc(OC)cc(OC)c1)C(=O)C(C)OCC1CCCO1. The monoisotopic (exact) mass is 395 g/mol. The van der Waals surface area contributed by atoms with Gasteiger partial charge in [0.15, 0.2) is 0 Å². The summed E-state index contributed by atoms with van der Waals surface area (Å²) in [6.07, 6.45) is 1.24. The number of hydrogen-bond acceptors (Lipinski definition) is 7. The predicted molar refractivity (Wildman–Crippen MR) is 101 cm³/mol. The molecule has 2 atom stereocenters. The number of nitrogens with zero attached hydrogens (tertiary/aromatic N) is 1. The number of benzene rings is 1. The highest BCUT2D eigenvalue weighted by atomic mass is 16.5. The molecule has 1 aliphatic rings. The molecule has 0 aliphatic carbocycles. The Bertz CT molecular complexity index is 636. The van der Waals surface area contributed by atoms with Crippen LogP contribution in [0.5, 0.6) is 11.5 Å². The standard InChI is InChI=1S/C20H29NO7/c1-14(28-13-16-6-5-7-27-16)20(23)21(12-19(22)26-4)11-15-8-17(24-2)10-18(9-15)25-3/h8-10,14,16H,5-7,11-13H2,1-4H3. The zero-order valence-corrected chi connectivity index (χ0v) is 16.9. The zero-order chi connectivity index (χ0) is 20.5. The number of methoxy groups -OCH3 is 3. The molecule has 1 saturated heterocycles. The van der Waals surface area contributed by atoms with Gasteiger partial charge in [0, 0.05) is 19.2 Å². The van der Waals surface area contributed by atoms with Crippen LogP contribution in [-0.2, 0) is 30.3 Å². The predicted octanol–water partition coefficient (Wildman–Crippen LogP) is 1.79. The fraction of sp³-hybridized carbons (Fsp3) is 0.600. The average Bonchev–Trinajstić information content (AvgIpc) is 3.24. The number of carbonyl (C=O) groups excluding carboxylic acids is 2. The molecule has 0 radical (unpaired) electrons. The Morgan fingerprint density at radius 2 is 1.86 bits per heavy atom. The third-order valence-electron chi connectivity index (χ3n) is 4.55. The van der Waals surface area contributed by atoms with Gasteiger partial charge in [0.25, 0.3) is 5.91 Å². The maximum absolute atomic E-state index is 12.9. The van der Waals surface area contributed by atoms with E-state index in [0.29, 0.717) is 18.1 Å². The first-order chi connectivity index (χ1) is 13.5. The Labute approximate surface area is 165 Å². The molecular formula is C20H29NO7. The minimum Gasteiger partial charge on any atom is -0.497 e. The van der Waals surface area contributed by atoms with Crippen molar-refractivity contribution in [3.8, 4) is 11.5 Å². The molecule has 1 amide bonds. The molecule has 0 saturated carbocycles. The van der Waals surface area contributed by atoms with Crippen LogP contribution in [0.1, 0.15) is 25.3 Å². The van der Waals surface area contributed by atoms with Gasteiger partial charge in [-0.2, -0.15) is 0 Å². The van der Waals surface area contributed by atoms with Gasteiger partial charge < -0.3 is 28.6 Å². The van der Waals surface area contributed by atoms with Crippen molar-refractivity contribution in [2.75, 3.05) is 41.1 Å². The smallest absolute Gasteiger partial charge is 0.325 e. The minimum absolute atomic E-state index is 0.0203. The Hall–Kier alpha value is -2.32. The van der Waals surface area contributed by atoms with Gasteiger partial charge in [0.05, 0.1) is 34.0 Å². The van der Waals surface area contributed by atoms with Crippen LogP contribution in [-0.4, -0.2) is 70.1 Å². The first kappa shape index (κ1) is 22.0. The molecule has 0 aromatic heterocycles. The van der Waals surface area contributed by atoms with E-state index in [0.717, 1.165) is 25.0 Å². The maximum atomic E-state index is 12.9. The van der Waals surface area contributed by atoms with Gasteiger partial charge in [-0.05, 0) is 37.5 Å². The van der Waals surface area contributed by atoms with Crippen molar-refractivity contribution < 1.29 is 33.3 Å². The summed E-state index contributed by atoms with van der Waals surface area (Å²) < 4.78 is 26.5. The molecule has 2 rings (SSSR count). The number of hydrogen-bond donors (Lipinski definition) is 0. The average molecular weight is 395 g/mol. The molecule has 1 aliphatic heterocycles. The van der Waals surface area contributed by atoms with Crippen LogP contribution in [0.2, 0.25) is 0 Å². The number of carbonyl (C=O) groups is 2. The third kappa shape index (κ3) is 6.38. The molecule has 2 unspecified atom stereocenters. The summed E-state index contributed by atoms with van der Waals surface area (Å²) in [7, 11) is 4.39. The van der Waals surface area contributed by atoms with E-state index >= 15 is 0 Å². The van der Waals surface area contributed by atoms with Crippen molar-refractivity contribution in [1.29, 1.82) is 0 Å². The lowest BCUT2D eigenvalue weighted by atomic mass is 10.1. The van der Waals surface area contributed by atoms with Gasteiger partial charge in [-0.15, -0.1) is 0 Å². The number of amides is 1. The number of rotatable bonds is 10. The molecule has 8 heteroatoms. The molecule has 0 bridgehead atoms. The molecule has 1 fully saturated rings. The van der Waals surface area contributed by atoms with Gasteiger partial charge in [-0.3, -0.25) is 9.59 Å². The second-order valence-corrected chi connectivity index (χ2v) is 6.60. The summed E-state index contributed by atoms with van der Waals surface area (Å²) in [6.45, 7) is 2.76. The first-order valence-electron chi connectivity index (χ1n) is 9.27. The van der Waals surface area contributed by atoms with Crippen molar-refractivity contribution in [3.05, 3.63) is 23.8 Å². The fourth-order valence-electron chi connectivity index (χ4n) is 2.97. The molecule has 156 valence electrons. The van der Waals surface area contributed by atoms with Gasteiger partial charge in [-0.25, -0.2) is 0 Å². The molecule has 0 N–H and O–H groups in total. The van der Waals surface area contributed by atoms with E-state index in [1.807, 2.05) is 0 Å². The van der Waals surface area contributed by atoms with Crippen molar-refractivity contribution in [2.45, 2.75) is 38.5 Å². The minimum atomic E-state index is -0.707. The van der Waals surface area contributed by atoms with E-state index in [1.54, 1.807) is 39.3 Å². The summed E-state index contributed by atoms with van der Waals surface area (Å²) >= 11 is 0. The highest BCUT2D eigenvalue weighted by Crippen LogP contribution is 2.24. The van der Waals surface area contributed by atoms with Crippen LogP contribution in [0.4, 0.5) is 0 Å². The van der Waals surface area contributed by atoms with Crippen molar-refractivity contribution >= 4 is 11.9 Å². The molecule has 8 nitrogen and oxygen atoms in total. The van der Waals surface area contributed by atoms with Crippen LogP contribution >= 0.6 is 0 Å². The van der Waals surface area contributed by atoms with Crippen molar-refractivity contribution in [1.82, 2.24) is 4.90 Å². The van der Waals surface area contributed by atoms with Gasteiger partial charge >= 0.3 is 5.97 Å². The molecule has 1 heterocycles. The molecular weight excluding hydrogens is 366 g/mol. The van der Waals surface area contributed by atoms with E-state index in [4.69, 9.17) is 23.7 Å². The topological polar surface area (TPSA) is 83.5 Å². The van der Waals surface area contributed by atoms with Crippen molar-refractivity contribution in [3.63, 3.8) is 0 Å². The van der Waals surface area contributed by atoms with Crippen molar-refractivity contribution in [2.24, 2.45) is 0 Å². The number of ether oxygens (including phenoxy) is 5. The Balaban J connectivity index is 2.09. The van der Waals surface area contributed by atoms with Crippen LogP contribution in [0, 0.1) is 0 Å². The first-order valence-corrected chi connectivity index (χ1v) is 9.27. The van der Waals surface area contributed by atoms with Gasteiger partial charge in [0.1, 0.15) is 24.1 Å². The van der Waals surface area contributed by atoms with Gasteiger partial charge in [-0.1, -0.05) is 0 Å². The Morgan fingerprint density at radius 3 is 2.39 bits per heavy atom. The van der Waals surface area contributed by atoms with E-state index in [1.165, 1.54) is 12.0 Å². The summed E-state index contributed by atoms with van der Waals surface area (Å²) in [6, 6.07) is 5.32. The Morgan fingerprint density at radius 1 is 1.18 bits per heavy atom. The van der Waals surface area contributed by atoms with E-state index in [-0.39, 0.29) is 25.1 Å².